The smallest absolute Gasteiger partial charge is 0.343 e. The lowest BCUT2D eigenvalue weighted by Gasteiger charge is -2.33. The molecule has 0 spiro atoms. The molecule has 1 fully saturated rings. The van der Waals surface area contributed by atoms with Gasteiger partial charge in [0.2, 0.25) is 0 Å². The Balaban J connectivity index is 1.70. The Morgan fingerprint density at radius 2 is 2.06 bits per heavy atom. The highest BCUT2D eigenvalue weighted by molar-refractivity contribution is 4.91. The number of nitrogens with one attached hydrogen (secondary N) is 1. The zero-order valence-corrected chi connectivity index (χ0v) is 9.89. The molecule has 0 radical (unpaired) electrons. The van der Waals surface area contributed by atoms with Crippen LogP contribution >= 0.6 is 0 Å². The Bertz CT molecular complexity index is 433. The summed E-state index contributed by atoms with van der Waals surface area (Å²) in [5.41, 5.74) is -0.0752. The number of hydrogen-bond donors (Lipinski definition) is 1. The van der Waals surface area contributed by atoms with Gasteiger partial charge < -0.3 is 4.74 Å². The second-order valence-corrected chi connectivity index (χ2v) is 4.73. The Labute approximate surface area is 99.6 Å². The van der Waals surface area contributed by atoms with Crippen molar-refractivity contribution < 1.29 is 4.74 Å². The molecule has 0 saturated carbocycles. The van der Waals surface area contributed by atoms with E-state index in [4.69, 9.17) is 4.74 Å². The molecule has 6 heteroatoms. The summed E-state index contributed by atoms with van der Waals surface area (Å²) >= 11 is 0. The number of aromatic nitrogens is 3. The molecule has 94 valence electrons. The van der Waals surface area contributed by atoms with Crippen molar-refractivity contribution in [2.24, 2.45) is 0 Å². The van der Waals surface area contributed by atoms with E-state index in [0.717, 1.165) is 57.9 Å². The van der Waals surface area contributed by atoms with Gasteiger partial charge in [-0.15, -0.1) is 0 Å². The molecule has 17 heavy (non-hydrogen) atoms. The minimum atomic E-state index is -0.0752. The van der Waals surface area contributed by atoms with Crippen molar-refractivity contribution in [2.75, 3.05) is 26.3 Å². The molecule has 1 aromatic rings. The van der Waals surface area contributed by atoms with Gasteiger partial charge in [0.1, 0.15) is 5.82 Å². The van der Waals surface area contributed by atoms with Gasteiger partial charge in [-0.1, -0.05) is 0 Å². The molecule has 3 rings (SSSR count). The summed E-state index contributed by atoms with van der Waals surface area (Å²) in [7, 11) is 0. The van der Waals surface area contributed by atoms with Crippen molar-refractivity contribution in [1.82, 2.24) is 19.7 Å². The maximum absolute atomic E-state index is 11.5. The fraction of sp³-hybridized carbons (Fsp3) is 0.818. The zero-order valence-electron chi connectivity index (χ0n) is 9.89. The van der Waals surface area contributed by atoms with Gasteiger partial charge in [0.05, 0.1) is 0 Å². The first-order valence-electron chi connectivity index (χ1n) is 6.30. The molecular formula is C11H18N4O2. The maximum Gasteiger partial charge on any atom is 0.343 e. The van der Waals surface area contributed by atoms with Crippen LogP contribution < -0.4 is 5.69 Å². The highest BCUT2D eigenvalue weighted by Gasteiger charge is 2.24. The van der Waals surface area contributed by atoms with Crippen molar-refractivity contribution >= 4 is 0 Å². The van der Waals surface area contributed by atoms with Crippen LogP contribution in [0, 0.1) is 0 Å². The fourth-order valence-corrected chi connectivity index (χ4v) is 2.77. The molecule has 6 nitrogen and oxygen atoms in total. The van der Waals surface area contributed by atoms with Crippen molar-refractivity contribution in [2.45, 2.75) is 31.8 Å². The highest BCUT2D eigenvalue weighted by Crippen LogP contribution is 2.16. The standard InChI is InChI=1S/C11H18N4O2/c16-11-13-12-10-1-4-14(5-6-15(10)11)9-2-7-17-8-3-9/h9H,1-8H2,(H,13,16). The van der Waals surface area contributed by atoms with Crippen molar-refractivity contribution in [3.8, 4) is 0 Å². The lowest BCUT2D eigenvalue weighted by molar-refractivity contribution is 0.0346. The van der Waals surface area contributed by atoms with E-state index in [2.05, 4.69) is 15.1 Å². The third-order valence-corrected chi connectivity index (χ3v) is 3.78. The minimum Gasteiger partial charge on any atom is -0.381 e. The summed E-state index contributed by atoms with van der Waals surface area (Å²) < 4.78 is 7.15. The molecule has 1 N–H and O–H groups in total. The third-order valence-electron chi connectivity index (χ3n) is 3.78. The zero-order chi connectivity index (χ0) is 11.7. The Hall–Kier alpha value is -1.14. The van der Waals surface area contributed by atoms with Gasteiger partial charge >= 0.3 is 5.69 Å². The average Bonchev–Trinajstić information content (AvgIpc) is 2.62. The monoisotopic (exact) mass is 238 g/mol. The van der Waals surface area contributed by atoms with Crippen LogP contribution in [0.2, 0.25) is 0 Å². The van der Waals surface area contributed by atoms with Crippen LogP contribution in [0.15, 0.2) is 4.79 Å². The van der Waals surface area contributed by atoms with E-state index in [1.54, 1.807) is 4.57 Å². The molecule has 0 unspecified atom stereocenters. The van der Waals surface area contributed by atoms with E-state index in [0.29, 0.717) is 6.04 Å². The van der Waals surface area contributed by atoms with Crippen molar-refractivity contribution in [3.63, 3.8) is 0 Å². The van der Waals surface area contributed by atoms with Gasteiger partial charge in [0, 0.05) is 45.3 Å². The molecule has 0 aromatic carbocycles. The van der Waals surface area contributed by atoms with Gasteiger partial charge in [-0.25, -0.2) is 9.89 Å². The second kappa shape index (κ2) is 4.62. The van der Waals surface area contributed by atoms with E-state index in [1.165, 1.54) is 0 Å². The van der Waals surface area contributed by atoms with Gasteiger partial charge in [0.25, 0.3) is 0 Å². The number of hydrogen-bond acceptors (Lipinski definition) is 4. The second-order valence-electron chi connectivity index (χ2n) is 4.73. The Morgan fingerprint density at radius 3 is 2.88 bits per heavy atom. The summed E-state index contributed by atoms with van der Waals surface area (Å²) in [4.78, 5) is 14.0. The number of rotatable bonds is 1. The molecule has 0 aliphatic carbocycles. The molecule has 0 amide bonds. The normalized spacial score (nSPS) is 23.3. The molecule has 2 aliphatic rings. The first-order valence-corrected chi connectivity index (χ1v) is 6.30. The largest absolute Gasteiger partial charge is 0.381 e. The van der Waals surface area contributed by atoms with Crippen molar-refractivity contribution in [1.29, 1.82) is 0 Å². The van der Waals surface area contributed by atoms with Crippen LogP contribution in [0.1, 0.15) is 18.7 Å². The van der Waals surface area contributed by atoms with Crippen LogP contribution in [-0.2, 0) is 17.7 Å². The molecule has 3 heterocycles. The molecule has 1 saturated heterocycles. The predicted octanol–water partition coefficient (Wildman–Crippen LogP) is -0.392. The number of ether oxygens (including phenoxy) is 1. The lowest BCUT2D eigenvalue weighted by atomic mass is 10.1. The molecular weight excluding hydrogens is 220 g/mol. The van der Waals surface area contributed by atoms with Gasteiger partial charge in [-0.2, -0.15) is 5.10 Å². The lowest BCUT2D eigenvalue weighted by Crippen LogP contribution is -2.41. The van der Waals surface area contributed by atoms with Crippen LogP contribution in [0.4, 0.5) is 0 Å². The Morgan fingerprint density at radius 1 is 1.24 bits per heavy atom. The number of aromatic amines is 1. The van der Waals surface area contributed by atoms with E-state index in [9.17, 15) is 4.79 Å². The molecule has 2 aliphatic heterocycles. The molecule has 0 atom stereocenters. The summed E-state index contributed by atoms with van der Waals surface area (Å²) in [5.74, 6) is 0.893. The van der Waals surface area contributed by atoms with E-state index >= 15 is 0 Å². The van der Waals surface area contributed by atoms with E-state index in [1.807, 2.05) is 0 Å². The minimum absolute atomic E-state index is 0.0752. The van der Waals surface area contributed by atoms with Crippen LogP contribution in [0.5, 0.6) is 0 Å². The molecule has 0 bridgehead atoms. The summed E-state index contributed by atoms with van der Waals surface area (Å²) in [6.07, 6.45) is 3.08. The van der Waals surface area contributed by atoms with Gasteiger partial charge in [0.15, 0.2) is 0 Å². The first-order chi connectivity index (χ1) is 8.34. The van der Waals surface area contributed by atoms with E-state index < -0.39 is 0 Å². The summed E-state index contributed by atoms with van der Waals surface area (Å²) in [6, 6.07) is 0.618. The van der Waals surface area contributed by atoms with Crippen LogP contribution in [0.25, 0.3) is 0 Å². The summed E-state index contributed by atoms with van der Waals surface area (Å²) in [5, 5.41) is 6.59. The quantitative estimate of drug-likeness (QED) is 0.723. The predicted molar refractivity (Wildman–Crippen MR) is 62.0 cm³/mol. The summed E-state index contributed by atoms with van der Waals surface area (Å²) in [6.45, 7) is 4.42. The number of H-pyrrole nitrogens is 1. The number of fused-ring (bicyclic) bond motifs is 1. The van der Waals surface area contributed by atoms with Gasteiger partial charge in [-0.05, 0) is 12.8 Å². The average molecular weight is 238 g/mol. The van der Waals surface area contributed by atoms with Crippen LogP contribution in [-0.4, -0.2) is 52.0 Å². The van der Waals surface area contributed by atoms with Crippen LogP contribution in [0.3, 0.4) is 0 Å². The number of nitrogens with zero attached hydrogens (tertiary/aromatic N) is 3. The SMILES string of the molecule is O=c1[nH]nc2n1CCN(C1CCOCC1)CC2. The third kappa shape index (κ3) is 2.14. The molecule has 1 aromatic heterocycles. The Kier molecular flexibility index (Phi) is 2.98. The topological polar surface area (TPSA) is 63.2 Å². The van der Waals surface area contributed by atoms with E-state index in [-0.39, 0.29) is 5.69 Å². The first kappa shape index (κ1) is 11.0. The van der Waals surface area contributed by atoms with Gasteiger partial charge in [-0.3, -0.25) is 9.47 Å². The maximum atomic E-state index is 11.5. The van der Waals surface area contributed by atoms with Crippen molar-refractivity contribution in [3.05, 3.63) is 16.3 Å². The highest BCUT2D eigenvalue weighted by atomic mass is 16.5. The fourth-order valence-electron chi connectivity index (χ4n) is 2.77.